The fourth-order valence-corrected chi connectivity index (χ4v) is 2.59. The summed E-state index contributed by atoms with van der Waals surface area (Å²) in [4.78, 5) is 48.3. The topological polar surface area (TPSA) is 237 Å². The van der Waals surface area contributed by atoms with Crippen LogP contribution in [0.5, 0.6) is 0 Å². The number of carboxylic acids is 1. The van der Waals surface area contributed by atoms with E-state index < -0.39 is 66.2 Å². The Kier molecular flexibility index (Phi) is 12.8. The Morgan fingerprint density at radius 1 is 0.742 bits per heavy atom. The van der Waals surface area contributed by atoms with Crippen molar-refractivity contribution in [2.24, 2.45) is 11.5 Å². The third-order valence-corrected chi connectivity index (χ3v) is 4.48. The Morgan fingerprint density at radius 3 is 1.48 bits per heavy atom. The molecule has 7 unspecified atom stereocenters. The van der Waals surface area contributed by atoms with E-state index >= 15 is 0 Å². The summed E-state index contributed by atoms with van der Waals surface area (Å²) in [5.41, 5.74) is 11.1. The number of hydrogen-bond donors (Lipinski definition) is 9. The number of carbonyl (C=O) groups is 4. The van der Waals surface area contributed by atoms with Gasteiger partial charge in [-0.3, -0.25) is 14.4 Å². The molecule has 13 heteroatoms. The van der Waals surface area contributed by atoms with E-state index in [0.29, 0.717) is 25.8 Å². The lowest BCUT2D eigenvalue weighted by molar-refractivity contribution is -0.146. The van der Waals surface area contributed by atoms with Gasteiger partial charge in [-0.2, -0.15) is 0 Å². The van der Waals surface area contributed by atoms with Crippen LogP contribution in [0, 0.1) is 0 Å². The average Bonchev–Trinajstić information content (AvgIpc) is 2.66. The van der Waals surface area contributed by atoms with Crippen LogP contribution in [0.25, 0.3) is 0 Å². The Labute approximate surface area is 180 Å². The maximum absolute atomic E-state index is 12.6. The summed E-state index contributed by atoms with van der Waals surface area (Å²) in [7, 11) is 0. The van der Waals surface area contributed by atoms with E-state index in [0.717, 1.165) is 6.92 Å². The highest BCUT2D eigenvalue weighted by molar-refractivity contribution is 5.94. The molecule has 0 bridgehead atoms. The van der Waals surface area contributed by atoms with Crippen LogP contribution < -0.4 is 27.4 Å². The molecular formula is C18H35N5O8. The first kappa shape index (κ1) is 28.7. The molecule has 0 rings (SSSR count). The number of nitrogens with two attached hydrogens (primary N) is 2. The molecule has 0 fully saturated rings. The van der Waals surface area contributed by atoms with Gasteiger partial charge in [0.25, 0.3) is 0 Å². The van der Waals surface area contributed by atoms with E-state index in [2.05, 4.69) is 10.6 Å². The van der Waals surface area contributed by atoms with Crippen LogP contribution in [0.15, 0.2) is 0 Å². The van der Waals surface area contributed by atoms with Gasteiger partial charge in [0, 0.05) is 0 Å². The van der Waals surface area contributed by atoms with Crippen molar-refractivity contribution in [1.29, 1.82) is 0 Å². The number of rotatable bonds is 14. The van der Waals surface area contributed by atoms with E-state index in [-0.39, 0.29) is 0 Å². The van der Waals surface area contributed by atoms with Gasteiger partial charge in [0.2, 0.25) is 17.7 Å². The average molecular weight is 450 g/mol. The molecule has 0 aliphatic rings. The van der Waals surface area contributed by atoms with Crippen LogP contribution in [0.2, 0.25) is 0 Å². The second-order valence-corrected chi connectivity index (χ2v) is 7.41. The lowest BCUT2D eigenvalue weighted by Gasteiger charge is -2.28. The third-order valence-electron chi connectivity index (χ3n) is 4.48. The summed E-state index contributed by atoms with van der Waals surface area (Å²) in [5, 5.41) is 44.8. The number of aliphatic hydroxyl groups is 3. The molecule has 3 amide bonds. The largest absolute Gasteiger partial charge is 0.480 e. The molecule has 0 heterocycles. The normalized spacial score (nSPS) is 17.9. The third kappa shape index (κ3) is 10.0. The van der Waals surface area contributed by atoms with Crippen molar-refractivity contribution in [2.45, 2.75) is 82.5 Å². The molecule has 31 heavy (non-hydrogen) atoms. The van der Waals surface area contributed by atoms with Crippen LogP contribution in [-0.2, 0) is 19.2 Å². The second kappa shape index (κ2) is 13.9. The molecule has 0 aliphatic carbocycles. The predicted octanol–water partition coefficient (Wildman–Crippen LogP) is -3.88. The molecule has 0 aromatic rings. The number of aliphatic hydroxyl groups excluding tert-OH is 3. The highest BCUT2D eigenvalue weighted by atomic mass is 16.4. The van der Waals surface area contributed by atoms with Crippen LogP contribution in [0.4, 0.5) is 0 Å². The van der Waals surface area contributed by atoms with Gasteiger partial charge in [-0.1, -0.05) is 6.42 Å². The van der Waals surface area contributed by atoms with Gasteiger partial charge in [-0.25, -0.2) is 4.79 Å². The molecular weight excluding hydrogens is 414 g/mol. The minimum atomic E-state index is -1.68. The maximum atomic E-state index is 12.6. The van der Waals surface area contributed by atoms with Crippen molar-refractivity contribution in [2.75, 3.05) is 6.54 Å². The molecule has 7 atom stereocenters. The molecule has 0 radical (unpaired) electrons. The van der Waals surface area contributed by atoms with Crippen molar-refractivity contribution < 1.29 is 39.6 Å². The Hall–Kier alpha value is -2.32. The minimum Gasteiger partial charge on any atom is -0.480 e. The summed E-state index contributed by atoms with van der Waals surface area (Å²) in [6.45, 7) is 3.99. The molecule has 0 saturated heterocycles. The van der Waals surface area contributed by atoms with Crippen molar-refractivity contribution in [3.8, 4) is 0 Å². The number of carboxylic acid groups (broad SMARTS) is 1. The standard InChI is InChI=1S/C18H35N5O8/c1-8(24)12(21-15(27)11(20)6-4-5-7-19)16(28)22-13(9(2)25)17(29)23-14(10(3)26)18(30)31/h8-14,24-26H,4-7,19-20H2,1-3H3,(H,21,27)(H,22,28)(H,23,29)(H,30,31). The molecule has 13 nitrogen and oxygen atoms in total. The van der Waals surface area contributed by atoms with Crippen molar-refractivity contribution in [3.05, 3.63) is 0 Å². The van der Waals surface area contributed by atoms with Crippen LogP contribution in [-0.4, -0.2) is 93.1 Å². The maximum Gasteiger partial charge on any atom is 0.328 e. The van der Waals surface area contributed by atoms with Gasteiger partial charge in [0.05, 0.1) is 24.4 Å². The molecule has 0 saturated carbocycles. The first-order valence-electron chi connectivity index (χ1n) is 9.97. The zero-order valence-corrected chi connectivity index (χ0v) is 17.9. The van der Waals surface area contributed by atoms with E-state index in [4.69, 9.17) is 16.6 Å². The van der Waals surface area contributed by atoms with Gasteiger partial charge < -0.3 is 47.8 Å². The first-order chi connectivity index (χ1) is 14.3. The fourth-order valence-electron chi connectivity index (χ4n) is 2.59. The van der Waals surface area contributed by atoms with Crippen molar-refractivity contribution >= 4 is 23.7 Å². The van der Waals surface area contributed by atoms with E-state index in [1.165, 1.54) is 13.8 Å². The fraction of sp³-hybridized carbons (Fsp3) is 0.778. The van der Waals surface area contributed by atoms with E-state index in [1.807, 2.05) is 5.32 Å². The summed E-state index contributed by atoms with van der Waals surface area (Å²) >= 11 is 0. The Bertz CT molecular complexity index is 614. The molecule has 0 aromatic heterocycles. The molecule has 0 spiro atoms. The SMILES string of the molecule is CC(O)C(NC(=O)C(NC(=O)C(NC(=O)C(N)CCCCN)C(C)O)C(C)O)C(=O)O. The lowest BCUT2D eigenvalue weighted by Crippen LogP contribution is -2.62. The van der Waals surface area contributed by atoms with Gasteiger partial charge >= 0.3 is 5.97 Å². The number of hydrogen-bond acceptors (Lipinski definition) is 9. The van der Waals surface area contributed by atoms with Gasteiger partial charge in [-0.05, 0) is 40.2 Å². The molecule has 11 N–H and O–H groups in total. The van der Waals surface area contributed by atoms with Crippen LogP contribution in [0.1, 0.15) is 40.0 Å². The summed E-state index contributed by atoms with van der Waals surface area (Å²) in [5.74, 6) is -4.29. The Balaban J connectivity index is 5.25. The van der Waals surface area contributed by atoms with Gasteiger partial charge in [0.1, 0.15) is 12.1 Å². The Morgan fingerprint density at radius 2 is 1.13 bits per heavy atom. The van der Waals surface area contributed by atoms with Crippen molar-refractivity contribution in [1.82, 2.24) is 16.0 Å². The first-order valence-corrected chi connectivity index (χ1v) is 9.97. The summed E-state index contributed by atoms with van der Waals surface area (Å²) < 4.78 is 0. The molecule has 180 valence electrons. The summed E-state index contributed by atoms with van der Waals surface area (Å²) in [6.07, 6.45) is -2.72. The summed E-state index contributed by atoms with van der Waals surface area (Å²) in [6, 6.07) is -5.73. The number of unbranched alkanes of at least 4 members (excludes halogenated alkanes) is 1. The quantitative estimate of drug-likeness (QED) is 0.117. The lowest BCUT2D eigenvalue weighted by atomic mass is 10.1. The second-order valence-electron chi connectivity index (χ2n) is 7.41. The number of aliphatic carboxylic acids is 1. The molecule has 0 aromatic carbocycles. The predicted molar refractivity (Wildman–Crippen MR) is 109 cm³/mol. The smallest absolute Gasteiger partial charge is 0.328 e. The monoisotopic (exact) mass is 449 g/mol. The van der Waals surface area contributed by atoms with Gasteiger partial charge in [-0.15, -0.1) is 0 Å². The van der Waals surface area contributed by atoms with E-state index in [9.17, 15) is 34.5 Å². The van der Waals surface area contributed by atoms with Crippen LogP contribution >= 0.6 is 0 Å². The zero-order valence-electron chi connectivity index (χ0n) is 17.9. The zero-order chi connectivity index (χ0) is 24.3. The van der Waals surface area contributed by atoms with E-state index in [1.54, 1.807) is 0 Å². The minimum absolute atomic E-state index is 0.311. The number of nitrogens with one attached hydrogen (secondary N) is 3. The van der Waals surface area contributed by atoms with Crippen molar-refractivity contribution in [3.63, 3.8) is 0 Å². The molecule has 0 aliphatic heterocycles. The number of amides is 3. The highest BCUT2D eigenvalue weighted by Gasteiger charge is 2.35. The highest BCUT2D eigenvalue weighted by Crippen LogP contribution is 2.03. The van der Waals surface area contributed by atoms with Crippen LogP contribution in [0.3, 0.4) is 0 Å². The van der Waals surface area contributed by atoms with Gasteiger partial charge in [0.15, 0.2) is 6.04 Å². The number of carbonyl (C=O) groups excluding carboxylic acids is 3.